The van der Waals surface area contributed by atoms with E-state index < -0.39 is 0 Å². The van der Waals surface area contributed by atoms with Crippen molar-refractivity contribution >= 4 is 29.1 Å². The molecule has 0 spiro atoms. The van der Waals surface area contributed by atoms with E-state index in [2.05, 4.69) is 123 Å². The standard InChI is InChI=1S/2C25H26N6O2.C24H23ClN6O/c1-16-10-17(11-18-14-30(2)9-8-22(16)18)23-13-27-24(26)25(29-23)31-15-21(12-28-31)33-20-6-4-19(32-3)5-7-20;1-16-9-17(10-18-14-30(2)8-7-22(16)18)23-13-27-24(26)25(29-23)31-15-21(12-28-31)33-20-6-4-5-19(11-20)32-3;1-15-9-16(10-17-13-30(2)8-7-19(15)17)21-12-27-23(26)24(29-21)31-14-18(11-28-31)32-22-6-4-3-5-20(22)25/h4-7,10-13,15H,8-9,14H2,1-3H3,(H2,26,27);4-6,9-13,15H,7-8,14H2,1-3H3,(H2,26,27);3-6,9-12,14H,7-8,13H2,1-2H3,(H2,26,27). The van der Waals surface area contributed by atoms with Gasteiger partial charge in [0.15, 0.2) is 52.2 Å². The molecule has 0 aliphatic carbocycles. The van der Waals surface area contributed by atoms with E-state index in [-0.39, 0.29) is 5.82 Å². The molecule has 6 N–H and O–H groups in total. The molecule has 6 aromatic carbocycles. The van der Waals surface area contributed by atoms with Crippen LogP contribution in [-0.4, -0.2) is 129 Å². The van der Waals surface area contributed by atoms with Gasteiger partial charge in [-0.1, -0.05) is 29.8 Å². The quantitative estimate of drug-likeness (QED) is 0.0913. The number of rotatable bonds is 14. The van der Waals surface area contributed by atoms with Crippen LogP contribution in [-0.2, 0) is 38.9 Å². The lowest BCUT2D eigenvalue weighted by Crippen LogP contribution is -2.27. The van der Waals surface area contributed by atoms with E-state index in [1.165, 1.54) is 50.1 Å². The Labute approximate surface area is 573 Å². The molecule has 0 radical (unpaired) electrons. The molecule has 0 atom stereocenters. The van der Waals surface area contributed by atoms with Gasteiger partial charge >= 0.3 is 0 Å². The fourth-order valence-electron chi connectivity index (χ4n) is 12.4. The third-order valence-electron chi connectivity index (χ3n) is 17.4. The molecule has 0 bridgehead atoms. The predicted octanol–water partition coefficient (Wildman–Crippen LogP) is 12.7. The van der Waals surface area contributed by atoms with Crippen LogP contribution >= 0.6 is 11.6 Å². The van der Waals surface area contributed by atoms with Crippen LogP contribution in [0.4, 0.5) is 17.5 Å². The van der Waals surface area contributed by atoms with Crippen LogP contribution in [0.2, 0.25) is 5.02 Å². The fraction of sp³-hybridized carbons (Fsp3) is 0.230. The highest BCUT2D eigenvalue weighted by Gasteiger charge is 2.23. The van der Waals surface area contributed by atoms with Crippen molar-refractivity contribution < 1.29 is 23.7 Å². The molecule has 0 fully saturated rings. The average molecular weight is 1330 g/mol. The zero-order valence-electron chi connectivity index (χ0n) is 55.8. The van der Waals surface area contributed by atoms with Crippen molar-refractivity contribution in [2.75, 3.05) is 72.2 Å². The first kappa shape index (κ1) is 65.4. The van der Waals surface area contributed by atoms with E-state index in [1.807, 2.05) is 60.7 Å². The molecule has 98 heavy (non-hydrogen) atoms. The summed E-state index contributed by atoms with van der Waals surface area (Å²) >= 11 is 6.19. The van der Waals surface area contributed by atoms with Crippen LogP contribution in [0, 0.1) is 20.8 Å². The number of nitrogen functional groups attached to an aromatic ring is 3. The summed E-state index contributed by atoms with van der Waals surface area (Å²) in [6.07, 6.45) is 18.3. The van der Waals surface area contributed by atoms with Crippen molar-refractivity contribution in [3.63, 3.8) is 0 Å². The Morgan fingerprint density at radius 3 is 1.18 bits per heavy atom. The fourth-order valence-corrected chi connectivity index (χ4v) is 12.6. The molecule has 0 saturated heterocycles. The molecule has 12 aromatic rings. The number of nitrogens with zero attached hydrogens (tertiary/aromatic N) is 15. The minimum atomic E-state index is 0.288. The number of aryl methyl sites for hydroxylation is 3. The number of halogens is 1. The van der Waals surface area contributed by atoms with Crippen molar-refractivity contribution in [3.05, 3.63) is 220 Å². The monoisotopic (exact) mass is 1330 g/mol. The molecule has 3 aliphatic rings. The van der Waals surface area contributed by atoms with E-state index in [9.17, 15) is 0 Å². The Hall–Kier alpha value is -11.2. The van der Waals surface area contributed by atoms with Crippen LogP contribution in [0.15, 0.2) is 165 Å². The van der Waals surface area contributed by atoms with Gasteiger partial charge in [0.2, 0.25) is 0 Å². The van der Waals surface area contributed by atoms with Gasteiger partial charge in [0.05, 0.1) is 92.1 Å². The first-order valence-corrected chi connectivity index (χ1v) is 32.4. The number of methoxy groups -OCH3 is 2. The summed E-state index contributed by atoms with van der Waals surface area (Å²) < 4.78 is 32.8. The maximum absolute atomic E-state index is 6.19. The first-order chi connectivity index (χ1) is 47.5. The summed E-state index contributed by atoms with van der Waals surface area (Å²) in [7, 11) is 9.69. The zero-order valence-corrected chi connectivity index (χ0v) is 56.6. The number of ether oxygens (including phenoxy) is 5. The van der Waals surface area contributed by atoms with E-state index in [4.69, 9.17) is 67.4 Å². The second-order valence-corrected chi connectivity index (χ2v) is 25.0. The smallest absolute Gasteiger partial charge is 0.197 e. The highest BCUT2D eigenvalue weighted by molar-refractivity contribution is 6.32. The molecule has 24 heteroatoms. The Morgan fingerprint density at radius 2 is 0.776 bits per heavy atom. The van der Waals surface area contributed by atoms with Crippen LogP contribution in [0.1, 0.15) is 50.1 Å². The number of anilines is 3. The Balaban J connectivity index is 0.000000132. The zero-order chi connectivity index (χ0) is 68.1. The molecule has 23 nitrogen and oxygen atoms in total. The number of benzene rings is 6. The SMILES string of the molecule is COc1ccc(Oc2cnn(-c3nc(-c4cc(C)c5c(c4)CN(C)CC5)cnc3N)c2)cc1.COc1cccc(Oc2cnn(-c3nc(-c4cc(C)c5c(c4)CN(C)CC5)cnc3N)c2)c1.Cc1cc(-c2cnc(N)c(-n3cc(Oc4ccccc4Cl)cn3)n2)cc2c1CCN(C)C2. The van der Waals surface area contributed by atoms with Crippen LogP contribution in [0.25, 0.3) is 51.2 Å². The van der Waals surface area contributed by atoms with Crippen molar-refractivity contribution in [2.24, 2.45) is 0 Å². The molecular weight excluding hydrogens is 1260 g/mol. The lowest BCUT2D eigenvalue weighted by Gasteiger charge is -2.27. The summed E-state index contributed by atoms with van der Waals surface area (Å²) in [6, 6.07) is 35.1. The van der Waals surface area contributed by atoms with Crippen molar-refractivity contribution in [2.45, 2.75) is 59.7 Å². The van der Waals surface area contributed by atoms with Crippen molar-refractivity contribution in [1.82, 2.24) is 73.9 Å². The largest absolute Gasteiger partial charge is 0.497 e. The predicted molar refractivity (Wildman–Crippen MR) is 379 cm³/mol. The van der Waals surface area contributed by atoms with Crippen molar-refractivity contribution in [3.8, 4) is 97.2 Å². The van der Waals surface area contributed by atoms with Gasteiger partial charge in [-0.05, 0) is 196 Å². The third-order valence-corrected chi connectivity index (χ3v) is 17.8. The second kappa shape index (κ2) is 28.6. The van der Waals surface area contributed by atoms with Gasteiger partial charge in [-0.2, -0.15) is 15.3 Å². The minimum Gasteiger partial charge on any atom is -0.497 e. The Kier molecular flexibility index (Phi) is 19.1. The number of fused-ring (bicyclic) bond motifs is 3. The minimum absolute atomic E-state index is 0.288. The topological polar surface area (TPSA) is 265 Å². The van der Waals surface area contributed by atoms with Crippen molar-refractivity contribution in [1.29, 1.82) is 0 Å². The number of aromatic nitrogens is 12. The number of hydrogen-bond acceptors (Lipinski definition) is 20. The van der Waals surface area contributed by atoms with Gasteiger partial charge in [-0.15, -0.1) is 0 Å². The summed E-state index contributed by atoms with van der Waals surface area (Å²) in [5, 5.41) is 13.7. The Morgan fingerprint density at radius 1 is 0.398 bits per heavy atom. The molecular formula is C74H75ClN18O5. The normalized spacial score (nSPS) is 13.6. The van der Waals surface area contributed by atoms with Gasteiger partial charge in [-0.3, -0.25) is 0 Å². The molecule has 15 rings (SSSR count). The number of nitrogens with two attached hydrogens (primary N) is 3. The second-order valence-electron chi connectivity index (χ2n) is 24.6. The van der Waals surface area contributed by atoms with Crippen LogP contribution in [0.3, 0.4) is 0 Å². The van der Waals surface area contributed by atoms with E-state index in [1.54, 1.807) is 96.2 Å². The van der Waals surface area contributed by atoms with Gasteiger partial charge in [-0.25, -0.2) is 43.9 Å². The molecule has 0 saturated carbocycles. The van der Waals surface area contributed by atoms with E-state index in [0.717, 1.165) is 98.1 Å². The van der Waals surface area contributed by atoms with Crippen LogP contribution < -0.4 is 40.9 Å². The average Bonchev–Trinajstić information content (AvgIpc) is 0.849. The van der Waals surface area contributed by atoms with Gasteiger partial charge in [0.1, 0.15) is 28.7 Å². The summed E-state index contributed by atoms with van der Waals surface area (Å²) in [5.41, 5.74) is 36.0. The van der Waals surface area contributed by atoms with Gasteiger partial charge in [0.25, 0.3) is 0 Å². The third kappa shape index (κ3) is 14.8. The number of para-hydroxylation sites is 1. The maximum Gasteiger partial charge on any atom is 0.197 e. The maximum atomic E-state index is 6.19. The summed E-state index contributed by atoms with van der Waals surface area (Å²) in [4.78, 5) is 34.5. The lowest BCUT2D eigenvalue weighted by atomic mass is 9.92. The molecule has 0 amide bonds. The molecule has 3 aliphatic heterocycles. The highest BCUT2D eigenvalue weighted by Crippen LogP contribution is 2.36. The highest BCUT2D eigenvalue weighted by atomic mass is 35.5. The molecule has 498 valence electrons. The van der Waals surface area contributed by atoms with E-state index in [0.29, 0.717) is 74.4 Å². The molecule has 9 heterocycles. The first-order valence-electron chi connectivity index (χ1n) is 32.0. The van der Waals surface area contributed by atoms with Gasteiger partial charge in [0, 0.05) is 62.0 Å². The number of hydrogen-bond donors (Lipinski definition) is 3. The summed E-state index contributed by atoms with van der Waals surface area (Å²) in [5.74, 6) is 7.27. The van der Waals surface area contributed by atoms with Crippen LogP contribution in [0.5, 0.6) is 46.0 Å². The summed E-state index contributed by atoms with van der Waals surface area (Å²) in [6.45, 7) is 12.5. The van der Waals surface area contributed by atoms with E-state index >= 15 is 0 Å². The molecule has 6 aromatic heterocycles. The number of likely N-dealkylation sites (N-methyl/N-ethyl adjacent to an activating group) is 3. The Bertz CT molecular complexity index is 4880. The molecule has 0 unspecified atom stereocenters. The van der Waals surface area contributed by atoms with Gasteiger partial charge < -0.3 is 55.6 Å². The lowest BCUT2D eigenvalue weighted by molar-refractivity contribution is 0.312.